The summed E-state index contributed by atoms with van der Waals surface area (Å²) in [7, 11) is 1.76. The number of fused-ring (bicyclic) bond motifs is 1. The molecule has 2 amide bonds. The first-order valence-electron chi connectivity index (χ1n) is 7.90. The normalized spacial score (nSPS) is 16.2. The minimum Gasteiger partial charge on any atom is -0.311 e. The molecule has 1 aliphatic rings. The smallest absolute Gasteiger partial charge is 0.266 e. The van der Waals surface area contributed by atoms with Crippen LogP contribution >= 0.6 is 11.3 Å². The van der Waals surface area contributed by atoms with E-state index in [2.05, 4.69) is 15.7 Å². The fourth-order valence-electron chi connectivity index (χ4n) is 3.13. The van der Waals surface area contributed by atoms with E-state index in [1.807, 2.05) is 41.8 Å². The van der Waals surface area contributed by atoms with Gasteiger partial charge in [0.15, 0.2) is 5.82 Å². The second-order valence-electron chi connectivity index (χ2n) is 5.88. The molecule has 0 spiro atoms. The van der Waals surface area contributed by atoms with Crippen LogP contribution in [-0.4, -0.2) is 21.6 Å². The SMILES string of the molecule is Cn1nc(NC(=O)c2cccs2)c2c1NC(=O)C[C@@H]2c1ccccc1. The van der Waals surface area contributed by atoms with Crippen LogP contribution < -0.4 is 10.6 Å². The van der Waals surface area contributed by atoms with Crippen LogP contribution in [0.15, 0.2) is 47.8 Å². The van der Waals surface area contributed by atoms with E-state index in [1.54, 1.807) is 17.8 Å². The minimum atomic E-state index is -0.195. The van der Waals surface area contributed by atoms with Crippen molar-refractivity contribution in [3.8, 4) is 0 Å². The maximum atomic E-state index is 12.4. The molecule has 4 rings (SSSR count). The molecule has 7 heteroatoms. The summed E-state index contributed by atoms with van der Waals surface area (Å²) >= 11 is 1.38. The molecule has 2 aromatic heterocycles. The van der Waals surface area contributed by atoms with E-state index in [1.165, 1.54) is 11.3 Å². The Balaban J connectivity index is 1.76. The fourth-order valence-corrected chi connectivity index (χ4v) is 3.75. The van der Waals surface area contributed by atoms with E-state index >= 15 is 0 Å². The van der Waals surface area contributed by atoms with Crippen molar-refractivity contribution in [1.29, 1.82) is 0 Å². The molecule has 126 valence electrons. The molecule has 0 aliphatic carbocycles. The van der Waals surface area contributed by atoms with Gasteiger partial charge in [-0.2, -0.15) is 5.10 Å². The van der Waals surface area contributed by atoms with Gasteiger partial charge in [0.25, 0.3) is 5.91 Å². The lowest BCUT2D eigenvalue weighted by atomic mass is 9.86. The molecule has 1 atom stereocenters. The summed E-state index contributed by atoms with van der Waals surface area (Å²) in [5.74, 6) is 0.730. The van der Waals surface area contributed by atoms with Gasteiger partial charge in [-0.25, -0.2) is 0 Å². The predicted molar refractivity (Wildman–Crippen MR) is 97.0 cm³/mol. The van der Waals surface area contributed by atoms with Crippen molar-refractivity contribution < 1.29 is 9.59 Å². The van der Waals surface area contributed by atoms with Gasteiger partial charge in [0, 0.05) is 24.9 Å². The molecule has 3 aromatic rings. The van der Waals surface area contributed by atoms with Crippen LogP contribution in [0, 0.1) is 0 Å². The van der Waals surface area contributed by atoms with Gasteiger partial charge in [-0.3, -0.25) is 14.3 Å². The third-order valence-corrected chi connectivity index (χ3v) is 5.13. The van der Waals surface area contributed by atoms with Crippen LogP contribution in [0.25, 0.3) is 0 Å². The van der Waals surface area contributed by atoms with Crippen molar-refractivity contribution in [2.45, 2.75) is 12.3 Å². The topological polar surface area (TPSA) is 76.0 Å². The van der Waals surface area contributed by atoms with Gasteiger partial charge in [0.2, 0.25) is 5.91 Å². The van der Waals surface area contributed by atoms with Gasteiger partial charge in [0.05, 0.1) is 4.88 Å². The van der Waals surface area contributed by atoms with Gasteiger partial charge < -0.3 is 10.6 Å². The Morgan fingerprint density at radius 1 is 1.28 bits per heavy atom. The zero-order valence-electron chi connectivity index (χ0n) is 13.5. The summed E-state index contributed by atoms with van der Waals surface area (Å²) in [5.41, 5.74) is 1.87. The summed E-state index contributed by atoms with van der Waals surface area (Å²) in [6.45, 7) is 0. The number of thiophene rings is 1. The molecule has 2 N–H and O–H groups in total. The van der Waals surface area contributed by atoms with Crippen molar-refractivity contribution in [2.75, 3.05) is 10.6 Å². The number of hydrogen-bond acceptors (Lipinski definition) is 4. The quantitative estimate of drug-likeness (QED) is 0.760. The summed E-state index contributed by atoms with van der Waals surface area (Å²) in [6, 6.07) is 13.4. The van der Waals surface area contributed by atoms with Gasteiger partial charge in [0.1, 0.15) is 5.82 Å². The first kappa shape index (κ1) is 15.6. The standard InChI is InChI=1S/C18H16N4O2S/c1-22-17-15(16(21-22)20-18(24)13-8-5-9-25-13)12(10-14(23)19-17)11-6-3-2-4-7-11/h2-9,12H,10H2,1H3,(H,19,23)(H,20,21,24)/t12-/m1/s1. The third kappa shape index (κ3) is 2.83. The van der Waals surface area contributed by atoms with Crippen molar-refractivity contribution in [1.82, 2.24) is 9.78 Å². The number of benzene rings is 1. The van der Waals surface area contributed by atoms with E-state index in [0.29, 0.717) is 22.9 Å². The number of aryl methyl sites for hydroxylation is 1. The highest BCUT2D eigenvalue weighted by molar-refractivity contribution is 7.12. The molecule has 0 bridgehead atoms. The average Bonchev–Trinajstić information content (AvgIpc) is 3.24. The molecular formula is C18H16N4O2S. The lowest BCUT2D eigenvalue weighted by molar-refractivity contribution is -0.116. The van der Waals surface area contributed by atoms with Crippen LogP contribution in [0.4, 0.5) is 11.6 Å². The summed E-state index contributed by atoms with van der Waals surface area (Å²) in [5, 5.41) is 12.0. The highest BCUT2D eigenvalue weighted by atomic mass is 32.1. The Morgan fingerprint density at radius 2 is 2.08 bits per heavy atom. The number of carbonyl (C=O) groups is 2. The van der Waals surface area contributed by atoms with Crippen LogP contribution in [0.2, 0.25) is 0 Å². The Bertz CT molecular complexity index is 932. The monoisotopic (exact) mass is 352 g/mol. The molecule has 3 heterocycles. The van der Waals surface area contributed by atoms with E-state index < -0.39 is 0 Å². The Morgan fingerprint density at radius 3 is 2.80 bits per heavy atom. The molecule has 1 aliphatic heterocycles. The molecule has 0 fully saturated rings. The molecule has 6 nitrogen and oxygen atoms in total. The number of nitrogens with one attached hydrogen (secondary N) is 2. The molecule has 0 saturated carbocycles. The summed E-state index contributed by atoms with van der Waals surface area (Å²) < 4.78 is 1.60. The highest BCUT2D eigenvalue weighted by Gasteiger charge is 2.33. The van der Waals surface area contributed by atoms with Gasteiger partial charge >= 0.3 is 0 Å². The fraction of sp³-hybridized carbons (Fsp3) is 0.167. The Kier molecular flexibility index (Phi) is 3.85. The Hall–Kier alpha value is -2.93. The zero-order chi connectivity index (χ0) is 17.4. The van der Waals surface area contributed by atoms with Crippen molar-refractivity contribution >= 4 is 34.8 Å². The molecule has 0 radical (unpaired) electrons. The van der Waals surface area contributed by atoms with Gasteiger partial charge in [-0.05, 0) is 17.0 Å². The predicted octanol–water partition coefficient (Wildman–Crippen LogP) is 3.21. The zero-order valence-corrected chi connectivity index (χ0v) is 14.3. The minimum absolute atomic E-state index is 0.0551. The first-order chi connectivity index (χ1) is 12.1. The third-order valence-electron chi connectivity index (χ3n) is 4.26. The number of hydrogen-bond donors (Lipinski definition) is 2. The van der Waals surface area contributed by atoms with E-state index in [9.17, 15) is 9.59 Å². The number of carbonyl (C=O) groups excluding carboxylic acids is 2. The summed E-state index contributed by atoms with van der Waals surface area (Å²) in [6.07, 6.45) is 0.324. The molecule has 1 aromatic carbocycles. The lowest BCUT2D eigenvalue weighted by Gasteiger charge is -2.24. The number of anilines is 2. The lowest BCUT2D eigenvalue weighted by Crippen LogP contribution is -2.25. The maximum Gasteiger partial charge on any atom is 0.266 e. The molecule has 0 unspecified atom stereocenters. The molecular weight excluding hydrogens is 336 g/mol. The van der Waals surface area contributed by atoms with Crippen LogP contribution in [0.1, 0.15) is 33.1 Å². The summed E-state index contributed by atoms with van der Waals surface area (Å²) in [4.78, 5) is 25.2. The number of nitrogens with zero attached hydrogens (tertiary/aromatic N) is 2. The molecule has 0 saturated heterocycles. The second-order valence-corrected chi connectivity index (χ2v) is 6.83. The average molecular weight is 352 g/mol. The van der Waals surface area contributed by atoms with E-state index in [4.69, 9.17) is 0 Å². The highest BCUT2D eigenvalue weighted by Crippen LogP contribution is 2.41. The largest absolute Gasteiger partial charge is 0.311 e. The molecule has 25 heavy (non-hydrogen) atoms. The van der Waals surface area contributed by atoms with Gasteiger partial charge in [-0.15, -0.1) is 11.3 Å². The van der Waals surface area contributed by atoms with E-state index in [0.717, 1.165) is 11.1 Å². The van der Waals surface area contributed by atoms with Crippen molar-refractivity contribution in [3.05, 3.63) is 63.8 Å². The number of rotatable bonds is 3. The van der Waals surface area contributed by atoms with Crippen LogP contribution in [0.3, 0.4) is 0 Å². The number of aromatic nitrogens is 2. The maximum absolute atomic E-state index is 12.4. The van der Waals surface area contributed by atoms with E-state index in [-0.39, 0.29) is 17.7 Å². The van der Waals surface area contributed by atoms with Crippen molar-refractivity contribution in [3.63, 3.8) is 0 Å². The number of amides is 2. The second kappa shape index (κ2) is 6.18. The van der Waals surface area contributed by atoms with Crippen molar-refractivity contribution in [2.24, 2.45) is 7.05 Å². The Labute approximate surface area is 148 Å². The van der Waals surface area contributed by atoms with Crippen LogP contribution in [0.5, 0.6) is 0 Å². The van der Waals surface area contributed by atoms with Gasteiger partial charge in [-0.1, -0.05) is 36.4 Å². The first-order valence-corrected chi connectivity index (χ1v) is 8.78. The van der Waals surface area contributed by atoms with Crippen LogP contribution in [-0.2, 0) is 11.8 Å².